The molecule has 1 N–H and O–H groups in total. The third-order valence-corrected chi connectivity index (χ3v) is 5.49. The molecule has 0 spiro atoms. The molecule has 2 atom stereocenters. The van der Waals surface area contributed by atoms with Crippen molar-refractivity contribution in [1.29, 1.82) is 0 Å². The summed E-state index contributed by atoms with van der Waals surface area (Å²) in [6.07, 6.45) is 3.17. The van der Waals surface area contributed by atoms with Gasteiger partial charge in [0.2, 0.25) is 5.91 Å². The fraction of sp³-hybridized carbons (Fsp3) is 0.636. The zero-order valence-corrected chi connectivity index (χ0v) is 18.3. The Morgan fingerprint density at radius 3 is 2.67 bits per heavy atom. The van der Waals surface area contributed by atoms with Crippen LogP contribution in [0.2, 0.25) is 0 Å². The second-order valence-corrected chi connectivity index (χ2v) is 7.86. The lowest BCUT2D eigenvalue weighted by molar-refractivity contribution is -0.127. The molecule has 0 aliphatic carbocycles. The third kappa shape index (κ3) is 6.34. The normalized spacial score (nSPS) is 22.1. The Balaban J connectivity index is 1.61. The molecule has 0 aromatic heterocycles. The highest BCUT2D eigenvalue weighted by molar-refractivity contribution is 5.85. The van der Waals surface area contributed by atoms with Crippen LogP contribution in [0.4, 0.5) is 0 Å². The molecule has 3 rings (SSSR count). The monoisotopic (exact) mass is 418 g/mol. The second-order valence-electron chi connectivity index (χ2n) is 7.86. The molecule has 30 heavy (non-hydrogen) atoms. The zero-order chi connectivity index (χ0) is 21.3. The number of guanidine groups is 1. The molecular weight excluding hydrogens is 384 g/mol. The van der Waals surface area contributed by atoms with Crippen LogP contribution in [-0.4, -0.2) is 94.5 Å². The van der Waals surface area contributed by atoms with E-state index in [1.807, 2.05) is 12.1 Å². The average Bonchev–Trinajstić information content (AvgIpc) is 3.31. The van der Waals surface area contributed by atoms with Crippen molar-refractivity contribution in [2.45, 2.75) is 31.5 Å². The van der Waals surface area contributed by atoms with Gasteiger partial charge in [0.25, 0.3) is 0 Å². The van der Waals surface area contributed by atoms with Gasteiger partial charge in [0.15, 0.2) is 5.96 Å². The van der Waals surface area contributed by atoms with Crippen molar-refractivity contribution in [3.05, 3.63) is 29.8 Å². The van der Waals surface area contributed by atoms with E-state index in [1.165, 1.54) is 5.56 Å². The van der Waals surface area contributed by atoms with Crippen molar-refractivity contribution >= 4 is 11.9 Å². The molecule has 2 saturated heterocycles. The topological polar surface area (TPSA) is 75.6 Å². The van der Waals surface area contributed by atoms with Crippen LogP contribution in [0.3, 0.4) is 0 Å². The number of nitrogens with zero attached hydrogens (tertiary/aromatic N) is 3. The molecule has 2 fully saturated rings. The number of methoxy groups -OCH3 is 1. The molecule has 0 saturated carbocycles. The maximum absolute atomic E-state index is 12.1. The van der Waals surface area contributed by atoms with Crippen molar-refractivity contribution in [2.24, 2.45) is 4.99 Å². The first kappa shape index (κ1) is 22.4. The lowest BCUT2D eigenvalue weighted by Gasteiger charge is -2.37. The summed E-state index contributed by atoms with van der Waals surface area (Å²) in [7, 11) is 5.16. The Hall–Kier alpha value is -2.32. The van der Waals surface area contributed by atoms with E-state index >= 15 is 0 Å². The largest absolute Gasteiger partial charge is 0.497 e. The summed E-state index contributed by atoms with van der Waals surface area (Å²) < 4.78 is 17.0. The number of carbonyl (C=O) groups is 1. The number of nitrogens with one attached hydrogen (secondary N) is 1. The Morgan fingerprint density at radius 1 is 1.23 bits per heavy atom. The zero-order valence-electron chi connectivity index (χ0n) is 18.3. The third-order valence-electron chi connectivity index (χ3n) is 5.49. The van der Waals surface area contributed by atoms with Crippen LogP contribution in [0.1, 0.15) is 18.4 Å². The Kier molecular flexibility index (Phi) is 8.33. The number of aliphatic imine (C=N–C) groups is 1. The fourth-order valence-corrected chi connectivity index (χ4v) is 3.65. The molecule has 2 heterocycles. The summed E-state index contributed by atoms with van der Waals surface area (Å²) in [5, 5.41) is 3.45. The van der Waals surface area contributed by atoms with Gasteiger partial charge in [0.05, 0.1) is 19.8 Å². The van der Waals surface area contributed by atoms with Gasteiger partial charge in [-0.05, 0) is 37.0 Å². The fourth-order valence-electron chi connectivity index (χ4n) is 3.65. The van der Waals surface area contributed by atoms with Crippen molar-refractivity contribution in [3.8, 4) is 5.75 Å². The van der Waals surface area contributed by atoms with Gasteiger partial charge in [-0.3, -0.25) is 4.79 Å². The Bertz CT molecular complexity index is 702. The quantitative estimate of drug-likeness (QED) is 0.529. The molecule has 1 aromatic carbocycles. The van der Waals surface area contributed by atoms with Gasteiger partial charge < -0.3 is 29.3 Å². The maximum atomic E-state index is 12.1. The van der Waals surface area contributed by atoms with E-state index in [4.69, 9.17) is 14.2 Å². The van der Waals surface area contributed by atoms with E-state index in [0.717, 1.165) is 57.2 Å². The number of amides is 1. The minimum absolute atomic E-state index is 0.0200. The van der Waals surface area contributed by atoms with E-state index in [9.17, 15) is 4.79 Å². The summed E-state index contributed by atoms with van der Waals surface area (Å²) in [4.78, 5) is 20.4. The van der Waals surface area contributed by atoms with E-state index in [0.29, 0.717) is 6.61 Å². The summed E-state index contributed by atoms with van der Waals surface area (Å²) in [6, 6.07) is 8.06. The van der Waals surface area contributed by atoms with Crippen molar-refractivity contribution in [2.75, 3.05) is 60.6 Å². The summed E-state index contributed by atoms with van der Waals surface area (Å²) >= 11 is 0. The highest BCUT2D eigenvalue weighted by Gasteiger charge is 2.32. The minimum Gasteiger partial charge on any atom is -0.497 e. The smallest absolute Gasteiger partial charge is 0.243 e. The first-order valence-corrected chi connectivity index (χ1v) is 10.7. The number of rotatable bonds is 7. The minimum atomic E-state index is -0.0200. The molecule has 1 aromatic rings. The molecule has 1 amide bonds. The molecule has 2 aliphatic heterocycles. The van der Waals surface area contributed by atoms with Crippen LogP contribution in [-0.2, 0) is 20.7 Å². The van der Waals surface area contributed by atoms with Crippen LogP contribution < -0.4 is 10.1 Å². The van der Waals surface area contributed by atoms with Gasteiger partial charge in [-0.2, -0.15) is 0 Å². The summed E-state index contributed by atoms with van der Waals surface area (Å²) in [5.41, 5.74) is 1.21. The molecule has 0 bridgehead atoms. The van der Waals surface area contributed by atoms with Crippen LogP contribution >= 0.6 is 0 Å². The average molecular weight is 419 g/mol. The number of benzene rings is 1. The molecule has 8 nitrogen and oxygen atoms in total. The first-order chi connectivity index (χ1) is 14.6. The molecule has 0 radical (unpaired) electrons. The van der Waals surface area contributed by atoms with Crippen LogP contribution in [0, 0.1) is 0 Å². The first-order valence-electron chi connectivity index (χ1n) is 10.7. The number of carbonyl (C=O) groups excluding carboxylic acids is 1. The Labute approximate surface area is 179 Å². The van der Waals surface area contributed by atoms with E-state index in [1.54, 1.807) is 26.1 Å². The number of ether oxygens (including phenoxy) is 3. The van der Waals surface area contributed by atoms with Crippen LogP contribution in [0.15, 0.2) is 29.3 Å². The van der Waals surface area contributed by atoms with Gasteiger partial charge in [-0.15, -0.1) is 0 Å². The van der Waals surface area contributed by atoms with Gasteiger partial charge >= 0.3 is 0 Å². The predicted octanol–water partition coefficient (Wildman–Crippen LogP) is 1.15. The SMILES string of the molecule is COc1ccc(CCNC(=NCC(=O)N(C)C)N2CCOC(C3CCCO3)C2)cc1. The highest BCUT2D eigenvalue weighted by Crippen LogP contribution is 2.21. The Morgan fingerprint density at radius 2 is 2.00 bits per heavy atom. The maximum Gasteiger partial charge on any atom is 0.243 e. The molecule has 166 valence electrons. The molecule has 8 heteroatoms. The predicted molar refractivity (Wildman–Crippen MR) is 116 cm³/mol. The van der Waals surface area contributed by atoms with Crippen LogP contribution in [0.25, 0.3) is 0 Å². The van der Waals surface area contributed by atoms with E-state index in [-0.39, 0.29) is 24.7 Å². The highest BCUT2D eigenvalue weighted by atomic mass is 16.5. The van der Waals surface area contributed by atoms with Gasteiger partial charge in [-0.25, -0.2) is 4.99 Å². The molecule has 2 aliphatic rings. The lowest BCUT2D eigenvalue weighted by Crippen LogP contribution is -2.53. The summed E-state index contributed by atoms with van der Waals surface area (Å²) in [5.74, 6) is 1.59. The molecular formula is C22H34N4O4. The molecule has 2 unspecified atom stereocenters. The van der Waals surface area contributed by atoms with Crippen molar-refractivity contribution in [3.63, 3.8) is 0 Å². The standard InChI is InChI=1S/C22H34N4O4/c1-25(2)21(27)15-24-22(23-11-10-17-6-8-18(28-3)9-7-17)26-12-14-30-20(16-26)19-5-4-13-29-19/h6-9,19-20H,4-5,10-16H2,1-3H3,(H,23,24). The van der Waals surface area contributed by atoms with Crippen molar-refractivity contribution in [1.82, 2.24) is 15.1 Å². The number of morpholine rings is 1. The van der Waals surface area contributed by atoms with Gasteiger partial charge in [0, 0.05) is 40.3 Å². The van der Waals surface area contributed by atoms with E-state index in [2.05, 4.69) is 27.3 Å². The van der Waals surface area contributed by atoms with E-state index < -0.39 is 0 Å². The lowest BCUT2D eigenvalue weighted by atomic mass is 10.1. The van der Waals surface area contributed by atoms with Gasteiger partial charge in [0.1, 0.15) is 18.4 Å². The number of likely N-dealkylation sites (N-methyl/N-ethyl adjacent to an activating group) is 1. The summed E-state index contributed by atoms with van der Waals surface area (Å²) in [6.45, 7) is 3.75. The number of hydrogen-bond acceptors (Lipinski definition) is 5. The number of hydrogen-bond donors (Lipinski definition) is 1. The van der Waals surface area contributed by atoms with Crippen LogP contribution in [0.5, 0.6) is 5.75 Å². The second kappa shape index (κ2) is 11.2. The van der Waals surface area contributed by atoms with Gasteiger partial charge in [-0.1, -0.05) is 12.1 Å². The van der Waals surface area contributed by atoms with Crippen molar-refractivity contribution < 1.29 is 19.0 Å².